The van der Waals surface area contributed by atoms with Gasteiger partial charge in [0.2, 0.25) is 0 Å². The quantitative estimate of drug-likeness (QED) is 0.723. The predicted octanol–water partition coefficient (Wildman–Crippen LogP) is 2.99. The molecular weight excluding hydrogens is 276 g/mol. The summed E-state index contributed by atoms with van der Waals surface area (Å²) in [6, 6.07) is 0. The summed E-state index contributed by atoms with van der Waals surface area (Å²) in [4.78, 5) is 11.8. The highest BCUT2D eigenvalue weighted by Gasteiger charge is 2.66. The Kier molecular flexibility index (Phi) is 3.01. The molecule has 4 aliphatic carbocycles. The monoisotopic (exact) mass is 304 g/mol. The molecule has 3 nitrogen and oxygen atoms in total. The van der Waals surface area contributed by atoms with Crippen molar-refractivity contribution >= 4 is 5.78 Å². The van der Waals surface area contributed by atoms with Crippen LogP contribution in [-0.4, -0.2) is 27.7 Å². The first kappa shape index (κ1) is 14.9. The smallest absolute Gasteiger partial charge is 0.155 e. The molecule has 6 atom stereocenters. The van der Waals surface area contributed by atoms with E-state index < -0.39 is 5.60 Å². The van der Waals surface area contributed by atoms with Crippen LogP contribution in [0.25, 0.3) is 0 Å². The zero-order valence-electron chi connectivity index (χ0n) is 13.8. The molecular formula is C19H28O3. The van der Waals surface area contributed by atoms with Gasteiger partial charge >= 0.3 is 0 Å². The van der Waals surface area contributed by atoms with Gasteiger partial charge in [-0.15, -0.1) is 0 Å². The highest BCUT2D eigenvalue weighted by molar-refractivity contribution is 5.91. The highest BCUT2D eigenvalue weighted by atomic mass is 16.3. The van der Waals surface area contributed by atoms with Gasteiger partial charge in [-0.05, 0) is 68.3 Å². The third kappa shape index (κ3) is 1.62. The van der Waals surface area contributed by atoms with E-state index in [0.717, 1.165) is 44.9 Å². The number of allylic oxidation sites excluding steroid dienone is 1. The lowest BCUT2D eigenvalue weighted by Crippen LogP contribution is -2.61. The molecule has 0 aromatic heterocycles. The second-order valence-corrected chi connectivity index (χ2v) is 8.74. The van der Waals surface area contributed by atoms with Crippen molar-refractivity contribution in [2.24, 2.45) is 22.7 Å². The average molecular weight is 304 g/mol. The van der Waals surface area contributed by atoms with Crippen LogP contribution in [0.15, 0.2) is 11.6 Å². The molecule has 3 saturated carbocycles. The number of hydrogen-bond donors (Lipinski definition) is 2. The number of fused-ring (bicyclic) bond motifs is 5. The molecule has 22 heavy (non-hydrogen) atoms. The molecule has 3 heteroatoms. The fraction of sp³-hybridized carbons (Fsp3) is 0.842. The van der Waals surface area contributed by atoms with Crippen LogP contribution in [0.4, 0.5) is 0 Å². The molecule has 0 aromatic carbocycles. The summed E-state index contributed by atoms with van der Waals surface area (Å²) in [5.41, 5.74) is 0.360. The van der Waals surface area contributed by atoms with Crippen molar-refractivity contribution < 1.29 is 15.0 Å². The van der Waals surface area contributed by atoms with Crippen LogP contribution in [0.1, 0.15) is 65.2 Å². The topological polar surface area (TPSA) is 57.5 Å². The van der Waals surface area contributed by atoms with E-state index in [1.54, 1.807) is 0 Å². The molecule has 122 valence electrons. The van der Waals surface area contributed by atoms with E-state index in [1.807, 2.05) is 6.08 Å². The minimum absolute atomic E-state index is 0.0848. The molecule has 4 rings (SSSR count). The number of carbonyl (C=O) groups excluding carboxylic acids is 1. The maximum Gasteiger partial charge on any atom is 0.155 e. The lowest BCUT2D eigenvalue weighted by molar-refractivity contribution is -0.192. The molecule has 0 aromatic rings. The molecule has 0 heterocycles. The molecule has 0 spiro atoms. The Morgan fingerprint density at radius 2 is 1.82 bits per heavy atom. The number of ketones is 1. The zero-order valence-corrected chi connectivity index (χ0v) is 13.8. The lowest BCUT2D eigenvalue weighted by Gasteiger charge is -2.61. The first-order chi connectivity index (χ1) is 10.3. The van der Waals surface area contributed by atoms with Gasteiger partial charge in [0.1, 0.15) is 0 Å². The number of aliphatic hydroxyl groups excluding tert-OH is 1. The normalized spacial score (nSPS) is 54.3. The van der Waals surface area contributed by atoms with Crippen LogP contribution in [0.2, 0.25) is 0 Å². The first-order valence-electron chi connectivity index (χ1n) is 8.96. The molecule has 0 saturated heterocycles. The Bertz CT molecular complexity index is 553. The van der Waals surface area contributed by atoms with Gasteiger partial charge in [-0.3, -0.25) is 4.79 Å². The second-order valence-electron chi connectivity index (χ2n) is 8.74. The van der Waals surface area contributed by atoms with E-state index in [9.17, 15) is 15.0 Å². The average Bonchev–Trinajstić information content (AvgIpc) is 2.72. The van der Waals surface area contributed by atoms with Gasteiger partial charge in [0.25, 0.3) is 0 Å². The van der Waals surface area contributed by atoms with Crippen LogP contribution < -0.4 is 0 Å². The Labute approximate surface area is 132 Å². The number of carbonyl (C=O) groups is 1. The third-order valence-electron chi connectivity index (χ3n) is 8.10. The summed E-state index contributed by atoms with van der Waals surface area (Å²) in [6.07, 6.45) is 8.49. The van der Waals surface area contributed by atoms with Crippen molar-refractivity contribution in [3.63, 3.8) is 0 Å². The Morgan fingerprint density at radius 1 is 1.05 bits per heavy atom. The van der Waals surface area contributed by atoms with E-state index in [4.69, 9.17) is 0 Å². The zero-order chi connectivity index (χ0) is 15.8. The second kappa shape index (κ2) is 4.45. The summed E-state index contributed by atoms with van der Waals surface area (Å²) >= 11 is 0. The van der Waals surface area contributed by atoms with Crippen molar-refractivity contribution in [3.05, 3.63) is 11.6 Å². The SMILES string of the molecule is C[C@]12CCC(=O)C=C1CC[C@H]1[C@H]2CC[C@]2(C)[C@@H](O)CC[C@]12O. The van der Waals surface area contributed by atoms with Crippen LogP contribution in [0, 0.1) is 22.7 Å². The molecule has 0 amide bonds. The van der Waals surface area contributed by atoms with Gasteiger partial charge in [0, 0.05) is 11.8 Å². The first-order valence-corrected chi connectivity index (χ1v) is 8.96. The number of rotatable bonds is 0. The minimum Gasteiger partial charge on any atom is -0.392 e. The van der Waals surface area contributed by atoms with E-state index >= 15 is 0 Å². The van der Waals surface area contributed by atoms with Crippen molar-refractivity contribution in [1.29, 1.82) is 0 Å². The van der Waals surface area contributed by atoms with Crippen molar-refractivity contribution in [2.45, 2.75) is 76.9 Å². The van der Waals surface area contributed by atoms with Crippen molar-refractivity contribution in [1.82, 2.24) is 0 Å². The fourth-order valence-corrected chi connectivity index (χ4v) is 6.50. The Balaban J connectivity index is 1.74. The van der Waals surface area contributed by atoms with E-state index in [2.05, 4.69) is 13.8 Å². The van der Waals surface area contributed by atoms with E-state index in [0.29, 0.717) is 12.3 Å². The van der Waals surface area contributed by atoms with Gasteiger partial charge in [-0.1, -0.05) is 19.4 Å². The van der Waals surface area contributed by atoms with E-state index in [1.165, 1.54) is 5.57 Å². The predicted molar refractivity (Wildman–Crippen MR) is 84.2 cm³/mol. The van der Waals surface area contributed by atoms with Crippen LogP contribution in [0.5, 0.6) is 0 Å². The lowest BCUT2D eigenvalue weighted by atomic mass is 9.46. The van der Waals surface area contributed by atoms with Gasteiger partial charge in [0.05, 0.1) is 11.7 Å². The van der Waals surface area contributed by atoms with Crippen molar-refractivity contribution in [3.8, 4) is 0 Å². The van der Waals surface area contributed by atoms with Crippen LogP contribution >= 0.6 is 0 Å². The van der Waals surface area contributed by atoms with Crippen LogP contribution in [0.3, 0.4) is 0 Å². The number of hydrogen-bond acceptors (Lipinski definition) is 3. The molecule has 0 bridgehead atoms. The minimum atomic E-state index is -0.717. The molecule has 2 N–H and O–H groups in total. The molecule has 0 aliphatic heterocycles. The van der Waals surface area contributed by atoms with Crippen LogP contribution in [-0.2, 0) is 4.79 Å². The summed E-state index contributed by atoms with van der Waals surface area (Å²) in [7, 11) is 0. The number of aliphatic hydroxyl groups is 2. The Hall–Kier alpha value is -0.670. The maximum absolute atomic E-state index is 11.8. The molecule has 4 aliphatic rings. The summed E-state index contributed by atoms with van der Waals surface area (Å²) < 4.78 is 0. The largest absolute Gasteiger partial charge is 0.392 e. The molecule has 3 fully saturated rings. The van der Waals surface area contributed by atoms with Gasteiger partial charge in [-0.25, -0.2) is 0 Å². The molecule has 0 radical (unpaired) electrons. The fourth-order valence-electron chi connectivity index (χ4n) is 6.50. The van der Waals surface area contributed by atoms with Crippen molar-refractivity contribution in [2.75, 3.05) is 0 Å². The summed E-state index contributed by atoms with van der Waals surface area (Å²) in [6.45, 7) is 4.42. The summed E-state index contributed by atoms with van der Waals surface area (Å²) in [5, 5.41) is 22.0. The van der Waals surface area contributed by atoms with Gasteiger partial charge < -0.3 is 10.2 Å². The Morgan fingerprint density at radius 3 is 2.59 bits per heavy atom. The van der Waals surface area contributed by atoms with E-state index in [-0.39, 0.29) is 28.6 Å². The molecule has 0 unspecified atom stereocenters. The maximum atomic E-state index is 11.8. The third-order valence-corrected chi connectivity index (χ3v) is 8.10. The van der Waals surface area contributed by atoms with Gasteiger partial charge in [-0.2, -0.15) is 0 Å². The van der Waals surface area contributed by atoms with Gasteiger partial charge in [0.15, 0.2) is 5.78 Å². The summed E-state index contributed by atoms with van der Waals surface area (Å²) in [5.74, 6) is 1.02. The standard InChI is InChI=1S/C19H28O3/c1-17-8-5-13(20)11-12(17)3-4-15-14(17)6-9-18(2)16(21)7-10-19(15,18)22/h11,14-16,21-22H,3-10H2,1-2H3/t14-,15+,16+,17+,18-,19+/m1/s1. The highest BCUT2D eigenvalue weighted by Crippen LogP contribution is 2.66.